The Hall–Kier alpha value is -2.14. The van der Waals surface area contributed by atoms with Crippen molar-refractivity contribution >= 4 is 23.2 Å². The smallest absolute Gasteiger partial charge is 0.198 e. The lowest BCUT2D eigenvalue weighted by molar-refractivity contribution is 0.230. The molecule has 1 aromatic heterocycles. The second-order valence-electron chi connectivity index (χ2n) is 7.61. The summed E-state index contributed by atoms with van der Waals surface area (Å²) in [4.78, 5) is 2.49. The van der Waals surface area contributed by atoms with Gasteiger partial charge in [0.1, 0.15) is 0 Å². The highest BCUT2D eigenvalue weighted by molar-refractivity contribution is 6.35. The van der Waals surface area contributed by atoms with Crippen molar-refractivity contribution in [3.63, 3.8) is 0 Å². The number of benzene rings is 2. The first-order valence-electron chi connectivity index (χ1n) is 9.44. The first kappa shape index (κ1) is 17.9. The molecule has 5 rings (SSSR count). The Balaban J connectivity index is 1.70. The van der Waals surface area contributed by atoms with Gasteiger partial charge in [0.05, 0.1) is 5.69 Å². The quantitative estimate of drug-likeness (QED) is 0.610. The summed E-state index contributed by atoms with van der Waals surface area (Å²) in [5, 5.41) is 21.9. The van der Waals surface area contributed by atoms with Crippen LogP contribution in [-0.4, -0.2) is 32.3 Å². The standard InChI is InChI=1S/C22H20Cl2N2O2/c23-13-9-16-17(11-25(14-5-6-14)12-18(16)19(24)10-13)15-3-1-2-4-20(15)26-21(27)7-8-22(26)28/h1-4,7-10,14,17,27-28H,5-6,11-12H2. The van der Waals surface area contributed by atoms with Crippen LogP contribution in [0.3, 0.4) is 0 Å². The van der Waals surface area contributed by atoms with E-state index in [1.165, 1.54) is 29.5 Å². The zero-order chi connectivity index (χ0) is 19.4. The minimum Gasteiger partial charge on any atom is -0.494 e. The van der Waals surface area contributed by atoms with Crippen LogP contribution < -0.4 is 0 Å². The number of hydrogen-bond donors (Lipinski definition) is 2. The summed E-state index contributed by atoms with van der Waals surface area (Å²) in [6.45, 7) is 1.68. The SMILES string of the molecule is Oc1ccc(O)n1-c1ccccc1C1CN(C2CC2)Cc2c(Cl)cc(Cl)cc21. The Morgan fingerprint density at radius 2 is 1.61 bits per heavy atom. The number of fused-ring (bicyclic) bond motifs is 1. The molecule has 1 fully saturated rings. The Morgan fingerprint density at radius 3 is 2.32 bits per heavy atom. The van der Waals surface area contributed by atoms with Crippen LogP contribution in [-0.2, 0) is 6.54 Å². The molecule has 6 heteroatoms. The van der Waals surface area contributed by atoms with Crippen molar-refractivity contribution in [1.82, 2.24) is 9.47 Å². The lowest BCUT2D eigenvalue weighted by Gasteiger charge is -2.36. The summed E-state index contributed by atoms with van der Waals surface area (Å²) in [6, 6.07) is 15.3. The predicted molar refractivity (Wildman–Crippen MR) is 111 cm³/mol. The number of hydrogen-bond acceptors (Lipinski definition) is 3. The van der Waals surface area contributed by atoms with Crippen molar-refractivity contribution in [2.45, 2.75) is 31.3 Å². The topological polar surface area (TPSA) is 48.6 Å². The monoisotopic (exact) mass is 414 g/mol. The van der Waals surface area contributed by atoms with Crippen molar-refractivity contribution < 1.29 is 10.2 Å². The third kappa shape index (κ3) is 2.96. The first-order chi connectivity index (χ1) is 13.5. The van der Waals surface area contributed by atoms with E-state index in [1.807, 2.05) is 36.4 Å². The maximum Gasteiger partial charge on any atom is 0.198 e. The van der Waals surface area contributed by atoms with Gasteiger partial charge in [-0.15, -0.1) is 0 Å². The molecule has 3 aromatic rings. The van der Waals surface area contributed by atoms with Gasteiger partial charge in [0.25, 0.3) is 0 Å². The van der Waals surface area contributed by atoms with Gasteiger partial charge < -0.3 is 10.2 Å². The van der Waals surface area contributed by atoms with Gasteiger partial charge in [-0.25, -0.2) is 0 Å². The molecule has 0 radical (unpaired) electrons. The molecular formula is C22H20Cl2N2O2. The molecular weight excluding hydrogens is 395 g/mol. The molecule has 144 valence electrons. The molecule has 0 saturated heterocycles. The van der Waals surface area contributed by atoms with E-state index in [0.29, 0.717) is 16.1 Å². The van der Waals surface area contributed by atoms with Crippen molar-refractivity contribution in [2.24, 2.45) is 0 Å². The van der Waals surface area contributed by atoms with Gasteiger partial charge in [-0.2, -0.15) is 0 Å². The Morgan fingerprint density at radius 1 is 0.893 bits per heavy atom. The average Bonchev–Trinajstić information content (AvgIpc) is 3.47. The molecule has 2 aliphatic rings. The molecule has 1 atom stereocenters. The van der Waals surface area contributed by atoms with E-state index in [2.05, 4.69) is 4.90 Å². The number of aromatic hydroxyl groups is 2. The Kier molecular flexibility index (Phi) is 4.31. The lowest BCUT2D eigenvalue weighted by atomic mass is 9.83. The minimum atomic E-state index is 0.00385. The summed E-state index contributed by atoms with van der Waals surface area (Å²) >= 11 is 12.9. The van der Waals surface area contributed by atoms with E-state index >= 15 is 0 Å². The minimum absolute atomic E-state index is 0.00385. The lowest BCUT2D eigenvalue weighted by Crippen LogP contribution is -2.36. The largest absolute Gasteiger partial charge is 0.494 e. The molecule has 1 aliphatic heterocycles. The molecule has 1 aliphatic carbocycles. The average molecular weight is 415 g/mol. The van der Waals surface area contributed by atoms with E-state index in [9.17, 15) is 10.2 Å². The van der Waals surface area contributed by atoms with E-state index in [-0.39, 0.29) is 17.7 Å². The molecule has 4 nitrogen and oxygen atoms in total. The third-order valence-electron chi connectivity index (χ3n) is 5.80. The highest BCUT2D eigenvalue weighted by Gasteiger charge is 2.37. The van der Waals surface area contributed by atoms with Crippen molar-refractivity contribution in [3.05, 3.63) is 75.3 Å². The zero-order valence-corrected chi connectivity index (χ0v) is 16.7. The van der Waals surface area contributed by atoms with Gasteiger partial charge in [0.2, 0.25) is 0 Å². The van der Waals surface area contributed by atoms with Gasteiger partial charge in [0.15, 0.2) is 11.8 Å². The molecule has 0 bridgehead atoms. The summed E-state index contributed by atoms with van der Waals surface area (Å²) in [5.74, 6) is 0.0475. The van der Waals surface area contributed by atoms with Crippen molar-refractivity contribution in [3.8, 4) is 17.4 Å². The maximum atomic E-state index is 10.3. The number of para-hydroxylation sites is 1. The summed E-state index contributed by atoms with van der Waals surface area (Å²) in [7, 11) is 0. The van der Waals surface area contributed by atoms with E-state index in [1.54, 1.807) is 0 Å². The summed E-state index contributed by atoms with van der Waals surface area (Å²) < 4.78 is 1.47. The van der Waals surface area contributed by atoms with E-state index in [0.717, 1.165) is 35.5 Å². The van der Waals surface area contributed by atoms with Crippen LogP contribution in [0.25, 0.3) is 5.69 Å². The van der Waals surface area contributed by atoms with E-state index < -0.39 is 0 Å². The fourth-order valence-corrected chi connectivity index (χ4v) is 4.90. The molecule has 1 unspecified atom stereocenters. The van der Waals surface area contributed by atoms with Crippen LogP contribution in [0.4, 0.5) is 0 Å². The van der Waals surface area contributed by atoms with Gasteiger partial charge in [-0.05, 0) is 47.7 Å². The van der Waals surface area contributed by atoms with Crippen LogP contribution in [0.1, 0.15) is 35.4 Å². The maximum absolute atomic E-state index is 10.3. The van der Waals surface area contributed by atoms with Crippen LogP contribution in [0, 0.1) is 0 Å². The summed E-state index contributed by atoms with van der Waals surface area (Å²) in [6.07, 6.45) is 2.43. The van der Waals surface area contributed by atoms with Crippen LogP contribution in [0.5, 0.6) is 11.8 Å². The fourth-order valence-electron chi connectivity index (χ4n) is 4.33. The highest BCUT2D eigenvalue weighted by Crippen LogP contribution is 2.44. The molecule has 28 heavy (non-hydrogen) atoms. The predicted octanol–water partition coefficient (Wildman–Crippen LogP) is 5.31. The van der Waals surface area contributed by atoms with Crippen LogP contribution in [0.15, 0.2) is 48.5 Å². The van der Waals surface area contributed by atoms with Gasteiger partial charge in [0, 0.05) is 47.2 Å². The number of rotatable bonds is 3. The van der Waals surface area contributed by atoms with Crippen molar-refractivity contribution in [1.29, 1.82) is 0 Å². The highest BCUT2D eigenvalue weighted by atomic mass is 35.5. The number of aromatic nitrogens is 1. The first-order valence-corrected chi connectivity index (χ1v) is 10.2. The van der Waals surface area contributed by atoms with Crippen LogP contribution in [0.2, 0.25) is 10.0 Å². The molecule has 2 N–H and O–H groups in total. The molecule has 2 heterocycles. The number of nitrogens with zero attached hydrogens (tertiary/aromatic N) is 2. The van der Waals surface area contributed by atoms with Gasteiger partial charge >= 0.3 is 0 Å². The zero-order valence-electron chi connectivity index (χ0n) is 15.1. The molecule has 1 saturated carbocycles. The second kappa shape index (κ2) is 6.73. The fraction of sp³-hybridized carbons (Fsp3) is 0.273. The molecule has 0 amide bonds. The van der Waals surface area contributed by atoms with Gasteiger partial charge in [-0.3, -0.25) is 9.47 Å². The van der Waals surface area contributed by atoms with Crippen molar-refractivity contribution in [2.75, 3.05) is 6.54 Å². The third-order valence-corrected chi connectivity index (χ3v) is 6.36. The normalized spacial score (nSPS) is 19.6. The molecule has 2 aromatic carbocycles. The summed E-state index contributed by atoms with van der Waals surface area (Å²) in [5.41, 5.74) is 4.01. The van der Waals surface area contributed by atoms with Crippen LogP contribution >= 0.6 is 23.2 Å². The number of halogens is 2. The Bertz CT molecular complexity index is 1040. The second-order valence-corrected chi connectivity index (χ2v) is 8.46. The van der Waals surface area contributed by atoms with Gasteiger partial charge in [-0.1, -0.05) is 41.4 Å². The van der Waals surface area contributed by atoms with E-state index in [4.69, 9.17) is 23.2 Å². The Labute approximate surface area is 173 Å². The molecule has 0 spiro atoms.